The standard InChI is InChI=1S/C15H22O2S/c1-11(2)9-18-10-14(16)8-13-7-12(3)5-6-15(13)17-4/h5-7,11H,8-10H2,1-4H3. The van der Waals surface area contributed by atoms with Crippen LogP contribution in [0.3, 0.4) is 0 Å². The Labute approximate surface area is 114 Å². The van der Waals surface area contributed by atoms with Crippen LogP contribution in [0, 0.1) is 12.8 Å². The Morgan fingerprint density at radius 1 is 1.39 bits per heavy atom. The van der Waals surface area contributed by atoms with Crippen LogP contribution in [0.2, 0.25) is 0 Å². The summed E-state index contributed by atoms with van der Waals surface area (Å²) in [7, 11) is 1.64. The first-order valence-corrected chi connectivity index (χ1v) is 7.41. The van der Waals surface area contributed by atoms with Crippen molar-refractivity contribution in [2.45, 2.75) is 27.2 Å². The van der Waals surface area contributed by atoms with Crippen molar-refractivity contribution in [1.82, 2.24) is 0 Å². The quantitative estimate of drug-likeness (QED) is 0.755. The minimum absolute atomic E-state index is 0.268. The van der Waals surface area contributed by atoms with E-state index in [2.05, 4.69) is 13.8 Å². The lowest BCUT2D eigenvalue weighted by Gasteiger charge is -2.09. The summed E-state index contributed by atoms with van der Waals surface area (Å²) in [5, 5.41) is 0. The van der Waals surface area contributed by atoms with Gasteiger partial charge in [-0.15, -0.1) is 0 Å². The van der Waals surface area contributed by atoms with Gasteiger partial charge in [-0.2, -0.15) is 11.8 Å². The molecule has 0 spiro atoms. The van der Waals surface area contributed by atoms with Gasteiger partial charge in [-0.3, -0.25) is 4.79 Å². The minimum atomic E-state index is 0.268. The van der Waals surface area contributed by atoms with Gasteiger partial charge in [-0.25, -0.2) is 0 Å². The Bertz CT molecular complexity index is 399. The average molecular weight is 266 g/mol. The Balaban J connectivity index is 2.55. The highest BCUT2D eigenvalue weighted by Crippen LogP contribution is 2.21. The molecule has 0 saturated heterocycles. The van der Waals surface area contributed by atoms with Crippen molar-refractivity contribution in [3.63, 3.8) is 0 Å². The van der Waals surface area contributed by atoms with Crippen LogP contribution in [0.5, 0.6) is 5.75 Å². The van der Waals surface area contributed by atoms with Gasteiger partial charge in [-0.05, 0) is 24.7 Å². The summed E-state index contributed by atoms with van der Waals surface area (Å²) in [4.78, 5) is 11.9. The first kappa shape index (κ1) is 15.1. The Morgan fingerprint density at radius 3 is 2.72 bits per heavy atom. The van der Waals surface area contributed by atoms with Crippen LogP contribution < -0.4 is 4.74 Å². The predicted molar refractivity (Wildman–Crippen MR) is 78.6 cm³/mol. The molecule has 0 amide bonds. The van der Waals surface area contributed by atoms with E-state index >= 15 is 0 Å². The molecule has 0 aliphatic rings. The van der Waals surface area contributed by atoms with E-state index in [1.54, 1.807) is 18.9 Å². The van der Waals surface area contributed by atoms with Gasteiger partial charge in [-0.1, -0.05) is 31.5 Å². The van der Waals surface area contributed by atoms with E-state index in [0.29, 0.717) is 18.1 Å². The highest BCUT2D eigenvalue weighted by Gasteiger charge is 2.09. The molecule has 0 aliphatic heterocycles. The van der Waals surface area contributed by atoms with Gasteiger partial charge < -0.3 is 4.74 Å². The van der Waals surface area contributed by atoms with Gasteiger partial charge in [0.05, 0.1) is 12.9 Å². The molecule has 0 radical (unpaired) electrons. The maximum atomic E-state index is 11.9. The number of ether oxygens (including phenoxy) is 1. The van der Waals surface area contributed by atoms with Crippen LogP contribution in [-0.4, -0.2) is 24.4 Å². The predicted octanol–water partition coefficient (Wildman–Crippen LogP) is 3.50. The first-order valence-electron chi connectivity index (χ1n) is 6.26. The molecule has 0 aromatic heterocycles. The molecule has 0 heterocycles. The SMILES string of the molecule is COc1ccc(C)cc1CC(=O)CSCC(C)C. The Morgan fingerprint density at radius 2 is 2.11 bits per heavy atom. The number of methoxy groups -OCH3 is 1. The monoisotopic (exact) mass is 266 g/mol. The summed E-state index contributed by atoms with van der Waals surface area (Å²) >= 11 is 1.72. The molecule has 1 rings (SSSR count). The number of carbonyl (C=O) groups is 1. The van der Waals surface area contributed by atoms with Crippen LogP contribution in [0.25, 0.3) is 0 Å². The summed E-state index contributed by atoms with van der Waals surface area (Å²) in [6, 6.07) is 5.96. The second-order valence-electron chi connectivity index (χ2n) is 4.94. The summed E-state index contributed by atoms with van der Waals surface area (Å²) in [6.45, 7) is 6.36. The molecular formula is C15H22O2S. The molecule has 0 saturated carbocycles. The fraction of sp³-hybridized carbons (Fsp3) is 0.533. The fourth-order valence-electron chi connectivity index (χ4n) is 1.72. The third kappa shape index (κ3) is 5.13. The van der Waals surface area contributed by atoms with Crippen molar-refractivity contribution in [2.75, 3.05) is 18.6 Å². The van der Waals surface area contributed by atoms with Crippen molar-refractivity contribution >= 4 is 17.5 Å². The molecule has 0 aliphatic carbocycles. The number of hydrogen-bond donors (Lipinski definition) is 0. The molecule has 1 aromatic carbocycles. The van der Waals surface area contributed by atoms with E-state index in [1.807, 2.05) is 25.1 Å². The zero-order chi connectivity index (χ0) is 13.5. The molecule has 0 atom stereocenters. The normalized spacial score (nSPS) is 10.7. The van der Waals surface area contributed by atoms with E-state index in [1.165, 1.54) is 0 Å². The van der Waals surface area contributed by atoms with Crippen molar-refractivity contribution in [1.29, 1.82) is 0 Å². The number of hydrogen-bond acceptors (Lipinski definition) is 3. The molecule has 100 valence electrons. The van der Waals surface area contributed by atoms with Crippen LogP contribution in [0.15, 0.2) is 18.2 Å². The average Bonchev–Trinajstić information content (AvgIpc) is 2.28. The number of carbonyl (C=O) groups excluding carboxylic acids is 1. The number of ketones is 1. The minimum Gasteiger partial charge on any atom is -0.496 e. The van der Waals surface area contributed by atoms with Gasteiger partial charge >= 0.3 is 0 Å². The Kier molecular flexibility index (Phi) is 6.27. The number of thioether (sulfide) groups is 1. The zero-order valence-electron chi connectivity index (χ0n) is 11.7. The van der Waals surface area contributed by atoms with Gasteiger partial charge in [0, 0.05) is 12.0 Å². The van der Waals surface area contributed by atoms with Gasteiger partial charge in [0.15, 0.2) is 0 Å². The topological polar surface area (TPSA) is 26.3 Å². The van der Waals surface area contributed by atoms with Crippen molar-refractivity contribution in [3.05, 3.63) is 29.3 Å². The van der Waals surface area contributed by atoms with Crippen LogP contribution in [-0.2, 0) is 11.2 Å². The lowest BCUT2D eigenvalue weighted by atomic mass is 10.1. The van der Waals surface area contributed by atoms with Crippen molar-refractivity contribution in [3.8, 4) is 5.75 Å². The van der Waals surface area contributed by atoms with Gasteiger partial charge in [0.25, 0.3) is 0 Å². The lowest BCUT2D eigenvalue weighted by Crippen LogP contribution is -2.08. The molecule has 3 heteroatoms. The van der Waals surface area contributed by atoms with E-state index in [4.69, 9.17) is 4.74 Å². The molecule has 0 N–H and O–H groups in total. The van der Waals surface area contributed by atoms with Gasteiger partial charge in [0.1, 0.15) is 11.5 Å². The summed E-state index contributed by atoms with van der Waals surface area (Å²) in [6.07, 6.45) is 0.468. The molecule has 0 bridgehead atoms. The molecule has 0 unspecified atom stereocenters. The van der Waals surface area contributed by atoms with E-state index < -0.39 is 0 Å². The third-order valence-corrected chi connectivity index (χ3v) is 3.97. The van der Waals surface area contributed by atoms with E-state index in [-0.39, 0.29) is 5.78 Å². The number of aryl methyl sites for hydroxylation is 1. The van der Waals surface area contributed by atoms with Crippen LogP contribution in [0.1, 0.15) is 25.0 Å². The number of rotatable bonds is 7. The van der Waals surface area contributed by atoms with E-state index in [0.717, 1.165) is 22.6 Å². The molecule has 1 aromatic rings. The second-order valence-corrected chi connectivity index (χ2v) is 5.97. The number of benzene rings is 1. The first-order chi connectivity index (χ1) is 8.52. The summed E-state index contributed by atoms with van der Waals surface area (Å²) in [5.74, 6) is 3.34. The molecule has 2 nitrogen and oxygen atoms in total. The van der Waals surface area contributed by atoms with Gasteiger partial charge in [0.2, 0.25) is 0 Å². The second kappa shape index (κ2) is 7.47. The maximum Gasteiger partial charge on any atom is 0.147 e. The summed E-state index contributed by atoms with van der Waals surface area (Å²) < 4.78 is 5.28. The van der Waals surface area contributed by atoms with Crippen molar-refractivity contribution < 1.29 is 9.53 Å². The van der Waals surface area contributed by atoms with Crippen LogP contribution >= 0.6 is 11.8 Å². The number of Topliss-reactive ketones (excluding diaryl/α,β-unsaturated/α-hetero) is 1. The van der Waals surface area contributed by atoms with E-state index in [9.17, 15) is 4.79 Å². The summed E-state index contributed by atoms with van der Waals surface area (Å²) in [5.41, 5.74) is 2.15. The molecule has 0 fully saturated rings. The zero-order valence-corrected chi connectivity index (χ0v) is 12.5. The lowest BCUT2D eigenvalue weighted by molar-refractivity contribution is -0.116. The third-order valence-electron chi connectivity index (χ3n) is 2.54. The van der Waals surface area contributed by atoms with Crippen LogP contribution in [0.4, 0.5) is 0 Å². The Hall–Kier alpha value is -0.960. The smallest absolute Gasteiger partial charge is 0.147 e. The largest absolute Gasteiger partial charge is 0.496 e. The molecular weight excluding hydrogens is 244 g/mol. The molecule has 18 heavy (non-hydrogen) atoms. The fourth-order valence-corrected chi connectivity index (χ4v) is 2.64. The highest BCUT2D eigenvalue weighted by molar-refractivity contribution is 7.99. The highest BCUT2D eigenvalue weighted by atomic mass is 32.2. The maximum absolute atomic E-state index is 11.9. The van der Waals surface area contributed by atoms with Crippen molar-refractivity contribution in [2.24, 2.45) is 5.92 Å².